The first-order valence-corrected chi connectivity index (χ1v) is 8.38. The summed E-state index contributed by atoms with van der Waals surface area (Å²) in [6.45, 7) is 3.13. The fourth-order valence-electron chi connectivity index (χ4n) is 2.30. The van der Waals surface area contributed by atoms with Gasteiger partial charge in [-0.05, 0) is 49.7 Å². The highest BCUT2D eigenvalue weighted by atomic mass is 16.3. The fraction of sp³-hybridized carbons (Fsp3) is 0.238. The van der Waals surface area contributed by atoms with Crippen LogP contribution in [0.1, 0.15) is 35.3 Å². The molecule has 0 heterocycles. The smallest absolute Gasteiger partial charge is 0.251 e. The van der Waals surface area contributed by atoms with Gasteiger partial charge in [0.05, 0.1) is 0 Å². The van der Waals surface area contributed by atoms with Gasteiger partial charge in [0.2, 0.25) is 5.91 Å². The van der Waals surface area contributed by atoms with Crippen LogP contribution in [0.2, 0.25) is 0 Å². The molecular formula is C21H22N2O4. The number of nitrogens with two attached hydrogens (primary N) is 1. The number of aromatic hydroxyl groups is 1. The molecule has 0 aliphatic heterocycles. The van der Waals surface area contributed by atoms with Crippen LogP contribution in [0, 0.1) is 11.8 Å². The Morgan fingerprint density at radius 2 is 1.85 bits per heavy atom. The zero-order valence-corrected chi connectivity index (χ0v) is 15.2. The molecule has 27 heavy (non-hydrogen) atoms. The molecule has 0 aliphatic carbocycles. The molecule has 0 saturated heterocycles. The van der Waals surface area contributed by atoms with Gasteiger partial charge in [0, 0.05) is 17.5 Å². The van der Waals surface area contributed by atoms with Crippen LogP contribution >= 0.6 is 0 Å². The normalized spacial score (nSPS) is 11.8. The number of aliphatic hydroxyl groups is 1. The Labute approximate surface area is 158 Å². The second kappa shape index (κ2) is 8.39. The molecular weight excluding hydrogens is 344 g/mol. The number of phenols is 1. The van der Waals surface area contributed by atoms with Gasteiger partial charge in [-0.25, -0.2) is 0 Å². The number of carbonyl (C=O) groups is 2. The third kappa shape index (κ3) is 6.49. The monoisotopic (exact) mass is 366 g/mol. The van der Waals surface area contributed by atoms with Gasteiger partial charge in [-0.15, -0.1) is 0 Å². The molecule has 140 valence electrons. The second-order valence-corrected chi connectivity index (χ2v) is 6.69. The number of phenolic OH excluding ortho intramolecular Hbond substituents is 1. The lowest BCUT2D eigenvalue weighted by Gasteiger charge is -2.16. The topological polar surface area (TPSA) is 113 Å². The van der Waals surface area contributed by atoms with Gasteiger partial charge in [0.25, 0.3) is 5.91 Å². The zero-order valence-electron chi connectivity index (χ0n) is 15.2. The van der Waals surface area contributed by atoms with Gasteiger partial charge < -0.3 is 21.3 Å². The minimum atomic E-state index is -1.14. The third-order valence-corrected chi connectivity index (χ3v) is 3.66. The van der Waals surface area contributed by atoms with Gasteiger partial charge in [0.15, 0.2) is 0 Å². The Kier molecular flexibility index (Phi) is 6.22. The molecule has 2 aromatic rings. The van der Waals surface area contributed by atoms with E-state index in [2.05, 4.69) is 17.2 Å². The molecule has 0 aliphatic rings. The van der Waals surface area contributed by atoms with Gasteiger partial charge in [-0.3, -0.25) is 9.59 Å². The molecule has 6 nitrogen and oxygen atoms in total. The van der Waals surface area contributed by atoms with Gasteiger partial charge in [-0.1, -0.05) is 30.0 Å². The first-order valence-electron chi connectivity index (χ1n) is 8.38. The van der Waals surface area contributed by atoms with Crippen molar-refractivity contribution in [2.24, 2.45) is 5.73 Å². The molecule has 0 spiro atoms. The molecule has 0 fully saturated rings. The number of amides is 2. The van der Waals surface area contributed by atoms with E-state index in [4.69, 9.17) is 5.73 Å². The maximum absolute atomic E-state index is 12.5. The molecule has 2 aromatic carbocycles. The number of hydrogen-bond donors (Lipinski definition) is 4. The number of nitrogens with one attached hydrogen (secondary N) is 1. The van der Waals surface area contributed by atoms with E-state index in [-0.39, 0.29) is 12.2 Å². The summed E-state index contributed by atoms with van der Waals surface area (Å²) < 4.78 is 0. The summed E-state index contributed by atoms with van der Waals surface area (Å²) in [6.07, 6.45) is 0.208. The van der Waals surface area contributed by atoms with E-state index in [1.54, 1.807) is 50.2 Å². The summed E-state index contributed by atoms with van der Waals surface area (Å²) in [6, 6.07) is 12.0. The number of hydrogen-bond acceptors (Lipinski definition) is 4. The van der Waals surface area contributed by atoms with E-state index < -0.39 is 23.5 Å². The molecule has 0 saturated carbocycles. The van der Waals surface area contributed by atoms with Crippen molar-refractivity contribution in [1.29, 1.82) is 0 Å². The van der Waals surface area contributed by atoms with Crippen molar-refractivity contribution in [2.45, 2.75) is 31.9 Å². The van der Waals surface area contributed by atoms with Crippen molar-refractivity contribution in [3.63, 3.8) is 0 Å². The predicted octanol–water partition coefficient (Wildman–Crippen LogP) is 1.34. The summed E-state index contributed by atoms with van der Waals surface area (Å²) in [5.41, 5.74) is 5.92. The van der Waals surface area contributed by atoms with Crippen molar-refractivity contribution < 1.29 is 19.8 Å². The van der Waals surface area contributed by atoms with Crippen LogP contribution in [0.5, 0.6) is 5.75 Å². The highest BCUT2D eigenvalue weighted by molar-refractivity contribution is 5.97. The van der Waals surface area contributed by atoms with E-state index in [1.165, 1.54) is 12.1 Å². The number of benzene rings is 2. The number of carbonyl (C=O) groups excluding carboxylic acids is 2. The van der Waals surface area contributed by atoms with Crippen LogP contribution in [-0.2, 0) is 11.2 Å². The van der Waals surface area contributed by atoms with E-state index in [1.807, 2.05) is 0 Å². The van der Waals surface area contributed by atoms with Crippen LogP contribution in [-0.4, -0.2) is 33.7 Å². The summed E-state index contributed by atoms with van der Waals surface area (Å²) in [5, 5.41) is 21.6. The Morgan fingerprint density at radius 3 is 2.44 bits per heavy atom. The van der Waals surface area contributed by atoms with Crippen LogP contribution in [0.4, 0.5) is 0 Å². The minimum absolute atomic E-state index is 0.113. The average molecular weight is 366 g/mol. The van der Waals surface area contributed by atoms with Gasteiger partial charge >= 0.3 is 0 Å². The Hall–Kier alpha value is -3.30. The van der Waals surface area contributed by atoms with Crippen molar-refractivity contribution in [1.82, 2.24) is 5.32 Å². The van der Waals surface area contributed by atoms with E-state index in [0.717, 1.165) is 5.56 Å². The lowest BCUT2D eigenvalue weighted by molar-refractivity contribution is -0.119. The van der Waals surface area contributed by atoms with Crippen molar-refractivity contribution in [2.75, 3.05) is 0 Å². The highest BCUT2D eigenvalue weighted by Crippen LogP contribution is 2.12. The Balaban J connectivity index is 2.14. The minimum Gasteiger partial charge on any atom is -0.508 e. The first-order chi connectivity index (χ1) is 12.6. The molecule has 5 N–H and O–H groups in total. The standard InChI is InChI=1S/C21H22N2O4/c1-21(2,27)11-10-14-4-3-5-16(12-14)20(26)23-18(19(22)25)13-15-6-8-17(24)9-7-15/h3-9,12,18,24,27H,13H2,1-2H3,(H2,22,25)(H,23,26)/t18-/m0/s1. The Bertz CT molecular complexity index is 887. The van der Waals surface area contributed by atoms with E-state index >= 15 is 0 Å². The largest absolute Gasteiger partial charge is 0.508 e. The first kappa shape index (κ1) is 20.0. The molecule has 0 unspecified atom stereocenters. The maximum atomic E-state index is 12.5. The number of primary amides is 1. The molecule has 2 rings (SSSR count). The van der Waals surface area contributed by atoms with Crippen molar-refractivity contribution in [3.05, 3.63) is 65.2 Å². The van der Waals surface area contributed by atoms with Crippen molar-refractivity contribution >= 4 is 11.8 Å². The lowest BCUT2D eigenvalue weighted by Crippen LogP contribution is -2.45. The summed E-state index contributed by atoms with van der Waals surface area (Å²) in [5.74, 6) is 4.49. The summed E-state index contributed by atoms with van der Waals surface area (Å²) >= 11 is 0. The number of rotatable bonds is 5. The highest BCUT2D eigenvalue weighted by Gasteiger charge is 2.19. The molecule has 0 bridgehead atoms. The fourth-order valence-corrected chi connectivity index (χ4v) is 2.30. The van der Waals surface area contributed by atoms with Crippen LogP contribution in [0.25, 0.3) is 0 Å². The average Bonchev–Trinajstić information content (AvgIpc) is 2.60. The summed E-state index contributed by atoms with van der Waals surface area (Å²) in [7, 11) is 0. The SMILES string of the molecule is CC(C)(O)C#Cc1cccc(C(=O)N[C@@H](Cc2ccc(O)cc2)C(N)=O)c1. The maximum Gasteiger partial charge on any atom is 0.251 e. The molecule has 2 amide bonds. The van der Waals surface area contributed by atoms with Crippen LogP contribution in [0.3, 0.4) is 0 Å². The third-order valence-electron chi connectivity index (χ3n) is 3.66. The van der Waals surface area contributed by atoms with E-state index in [9.17, 15) is 19.8 Å². The second-order valence-electron chi connectivity index (χ2n) is 6.69. The molecule has 0 radical (unpaired) electrons. The molecule has 6 heteroatoms. The van der Waals surface area contributed by atoms with E-state index in [0.29, 0.717) is 11.1 Å². The van der Waals surface area contributed by atoms with Crippen LogP contribution < -0.4 is 11.1 Å². The molecule has 0 aromatic heterocycles. The molecule has 1 atom stereocenters. The van der Waals surface area contributed by atoms with Gasteiger partial charge in [0.1, 0.15) is 17.4 Å². The van der Waals surface area contributed by atoms with Gasteiger partial charge in [-0.2, -0.15) is 0 Å². The lowest BCUT2D eigenvalue weighted by atomic mass is 10.0. The predicted molar refractivity (Wildman–Crippen MR) is 102 cm³/mol. The zero-order chi connectivity index (χ0) is 20.0. The Morgan fingerprint density at radius 1 is 1.19 bits per heavy atom. The van der Waals surface area contributed by atoms with Crippen molar-refractivity contribution in [3.8, 4) is 17.6 Å². The summed E-state index contributed by atoms with van der Waals surface area (Å²) in [4.78, 5) is 24.2. The quantitative estimate of drug-likeness (QED) is 0.598. The van der Waals surface area contributed by atoms with Crippen LogP contribution in [0.15, 0.2) is 48.5 Å².